The quantitative estimate of drug-likeness (QED) is 0.240. The number of hydrogen-bond acceptors (Lipinski definition) is 3. The molecule has 3 nitrogen and oxygen atoms in total. The molecule has 0 fully saturated rings. The zero-order chi connectivity index (χ0) is 18.1. The van der Waals surface area contributed by atoms with Gasteiger partial charge in [0, 0.05) is 12.8 Å². The minimum absolute atomic E-state index is 0.0740. The number of carbonyl (C=O) groups is 1. The van der Waals surface area contributed by atoms with Gasteiger partial charge in [-0.25, -0.2) is 0 Å². The molecule has 0 saturated heterocycles. The van der Waals surface area contributed by atoms with Gasteiger partial charge >= 0.3 is 0 Å². The highest BCUT2D eigenvalue weighted by Gasteiger charge is 2.29. The standard InChI is InChI=1S/C21H42O3/c1-3-5-6-7-8-9-10-11-12-13-14-15-16-17-18-19-20(22)21(23,24)4-2/h23-24H,3-19H2,1-2H3. The summed E-state index contributed by atoms with van der Waals surface area (Å²) in [6.45, 7) is 3.88. The van der Waals surface area contributed by atoms with Crippen LogP contribution in [0.2, 0.25) is 0 Å². The van der Waals surface area contributed by atoms with E-state index in [0.717, 1.165) is 19.3 Å². The van der Waals surface area contributed by atoms with Crippen molar-refractivity contribution in [3.8, 4) is 0 Å². The van der Waals surface area contributed by atoms with Crippen molar-refractivity contribution in [3.05, 3.63) is 0 Å². The lowest BCUT2D eigenvalue weighted by atomic mass is 10.0. The number of aliphatic hydroxyl groups is 2. The highest BCUT2D eigenvalue weighted by atomic mass is 16.5. The smallest absolute Gasteiger partial charge is 0.223 e. The fourth-order valence-electron chi connectivity index (χ4n) is 3.05. The molecule has 0 bridgehead atoms. The van der Waals surface area contributed by atoms with Gasteiger partial charge in [-0.1, -0.05) is 104 Å². The first-order chi connectivity index (χ1) is 11.5. The summed E-state index contributed by atoms with van der Waals surface area (Å²) < 4.78 is 0. The summed E-state index contributed by atoms with van der Waals surface area (Å²) in [5.41, 5.74) is 0. The average Bonchev–Trinajstić information content (AvgIpc) is 2.58. The van der Waals surface area contributed by atoms with Crippen LogP contribution < -0.4 is 0 Å². The molecule has 0 aromatic rings. The van der Waals surface area contributed by atoms with E-state index in [1.807, 2.05) is 0 Å². The van der Waals surface area contributed by atoms with E-state index >= 15 is 0 Å². The van der Waals surface area contributed by atoms with Gasteiger partial charge < -0.3 is 10.2 Å². The predicted octanol–water partition coefficient (Wildman–Crippen LogP) is 5.91. The first-order valence-electron chi connectivity index (χ1n) is 10.5. The minimum Gasteiger partial charge on any atom is -0.360 e. The molecule has 0 aromatic heterocycles. The summed E-state index contributed by atoms with van der Waals surface area (Å²) in [6, 6.07) is 0. The van der Waals surface area contributed by atoms with Crippen LogP contribution in [0.15, 0.2) is 0 Å². The van der Waals surface area contributed by atoms with Gasteiger partial charge in [-0.15, -0.1) is 0 Å². The predicted molar refractivity (Wildman–Crippen MR) is 102 cm³/mol. The van der Waals surface area contributed by atoms with E-state index in [1.54, 1.807) is 6.92 Å². The van der Waals surface area contributed by atoms with Crippen molar-refractivity contribution in [2.45, 2.75) is 129 Å². The van der Waals surface area contributed by atoms with Gasteiger partial charge in [-0.3, -0.25) is 4.79 Å². The first kappa shape index (κ1) is 23.6. The average molecular weight is 343 g/mol. The largest absolute Gasteiger partial charge is 0.360 e. The summed E-state index contributed by atoms with van der Waals surface area (Å²) in [5, 5.41) is 18.8. The Morgan fingerprint density at radius 1 is 0.625 bits per heavy atom. The van der Waals surface area contributed by atoms with Crippen LogP contribution in [0.25, 0.3) is 0 Å². The molecule has 0 aliphatic carbocycles. The van der Waals surface area contributed by atoms with E-state index in [4.69, 9.17) is 0 Å². The third kappa shape index (κ3) is 14.0. The molecule has 2 N–H and O–H groups in total. The van der Waals surface area contributed by atoms with Crippen LogP contribution in [-0.2, 0) is 4.79 Å². The molecular formula is C21H42O3. The second kappa shape index (κ2) is 16.1. The van der Waals surface area contributed by atoms with Gasteiger partial charge in [-0.05, 0) is 6.42 Å². The normalized spacial score (nSPS) is 11.8. The Bertz CT molecular complexity index is 287. The number of ketones is 1. The number of rotatable bonds is 18. The molecular weight excluding hydrogens is 300 g/mol. The van der Waals surface area contributed by atoms with Crippen molar-refractivity contribution in [3.63, 3.8) is 0 Å². The van der Waals surface area contributed by atoms with Gasteiger partial charge in [0.05, 0.1) is 0 Å². The minimum atomic E-state index is -2.10. The molecule has 0 radical (unpaired) electrons. The van der Waals surface area contributed by atoms with Gasteiger partial charge in [0.25, 0.3) is 0 Å². The monoisotopic (exact) mass is 342 g/mol. The maximum absolute atomic E-state index is 11.5. The van der Waals surface area contributed by atoms with E-state index in [9.17, 15) is 15.0 Å². The topological polar surface area (TPSA) is 57.5 Å². The highest BCUT2D eigenvalue weighted by molar-refractivity contribution is 5.85. The molecule has 0 atom stereocenters. The highest BCUT2D eigenvalue weighted by Crippen LogP contribution is 2.15. The SMILES string of the molecule is CCCCCCCCCCCCCCCCCC(=O)C(O)(O)CC. The van der Waals surface area contributed by atoms with Crippen LogP contribution in [0.4, 0.5) is 0 Å². The van der Waals surface area contributed by atoms with E-state index in [2.05, 4.69) is 6.92 Å². The lowest BCUT2D eigenvalue weighted by Crippen LogP contribution is -2.37. The van der Waals surface area contributed by atoms with Crippen molar-refractivity contribution in [2.75, 3.05) is 0 Å². The van der Waals surface area contributed by atoms with Crippen LogP contribution in [-0.4, -0.2) is 21.8 Å². The molecule has 0 aliphatic heterocycles. The molecule has 0 saturated carbocycles. The van der Waals surface area contributed by atoms with Crippen molar-refractivity contribution in [1.82, 2.24) is 0 Å². The first-order valence-corrected chi connectivity index (χ1v) is 10.5. The van der Waals surface area contributed by atoms with Gasteiger partial charge in [-0.2, -0.15) is 0 Å². The van der Waals surface area contributed by atoms with E-state index in [-0.39, 0.29) is 6.42 Å². The van der Waals surface area contributed by atoms with Crippen LogP contribution in [0.3, 0.4) is 0 Å². The number of hydrogen-bond donors (Lipinski definition) is 2. The van der Waals surface area contributed by atoms with Crippen molar-refractivity contribution in [2.24, 2.45) is 0 Å². The molecule has 0 amide bonds. The Morgan fingerprint density at radius 3 is 1.29 bits per heavy atom. The Labute approximate surface area is 150 Å². The fraction of sp³-hybridized carbons (Fsp3) is 0.952. The third-order valence-corrected chi connectivity index (χ3v) is 4.95. The molecule has 0 spiro atoms. The molecule has 0 aromatic carbocycles. The molecule has 0 aliphatic rings. The molecule has 0 unspecified atom stereocenters. The molecule has 0 rings (SSSR count). The summed E-state index contributed by atoms with van der Waals surface area (Å²) in [7, 11) is 0. The lowest BCUT2D eigenvalue weighted by molar-refractivity contribution is -0.183. The number of unbranched alkanes of at least 4 members (excludes halogenated alkanes) is 14. The second-order valence-corrected chi connectivity index (χ2v) is 7.29. The van der Waals surface area contributed by atoms with Crippen molar-refractivity contribution in [1.29, 1.82) is 0 Å². The maximum Gasteiger partial charge on any atom is 0.223 e. The molecule has 144 valence electrons. The zero-order valence-corrected chi connectivity index (χ0v) is 16.3. The third-order valence-electron chi connectivity index (χ3n) is 4.95. The molecule has 24 heavy (non-hydrogen) atoms. The molecule has 3 heteroatoms. The summed E-state index contributed by atoms with van der Waals surface area (Å²) in [6.07, 6.45) is 19.7. The van der Waals surface area contributed by atoms with Gasteiger partial charge in [0.2, 0.25) is 5.79 Å². The maximum atomic E-state index is 11.5. The van der Waals surface area contributed by atoms with E-state index < -0.39 is 11.6 Å². The number of Topliss-reactive ketones (excluding diaryl/α,β-unsaturated/α-hetero) is 1. The Morgan fingerprint density at radius 2 is 0.958 bits per heavy atom. The Balaban J connectivity index is 3.19. The van der Waals surface area contributed by atoms with Crippen LogP contribution in [0.5, 0.6) is 0 Å². The number of carbonyl (C=O) groups excluding carboxylic acids is 1. The van der Waals surface area contributed by atoms with Crippen LogP contribution >= 0.6 is 0 Å². The summed E-state index contributed by atoms with van der Waals surface area (Å²) in [5.74, 6) is -2.53. The fourth-order valence-corrected chi connectivity index (χ4v) is 3.05. The van der Waals surface area contributed by atoms with Gasteiger partial charge in [0.15, 0.2) is 5.78 Å². The van der Waals surface area contributed by atoms with Gasteiger partial charge in [0.1, 0.15) is 0 Å². The van der Waals surface area contributed by atoms with Crippen LogP contribution in [0, 0.1) is 0 Å². The Hall–Kier alpha value is -0.410. The van der Waals surface area contributed by atoms with Crippen LogP contribution in [0.1, 0.15) is 123 Å². The van der Waals surface area contributed by atoms with E-state index in [0.29, 0.717) is 6.42 Å². The lowest BCUT2D eigenvalue weighted by Gasteiger charge is -2.17. The second-order valence-electron chi connectivity index (χ2n) is 7.29. The Kier molecular flexibility index (Phi) is 15.8. The van der Waals surface area contributed by atoms with E-state index in [1.165, 1.54) is 77.0 Å². The summed E-state index contributed by atoms with van der Waals surface area (Å²) in [4.78, 5) is 11.5. The zero-order valence-electron chi connectivity index (χ0n) is 16.3. The van der Waals surface area contributed by atoms with Crippen molar-refractivity contribution < 1.29 is 15.0 Å². The molecule has 0 heterocycles. The van der Waals surface area contributed by atoms with Crippen molar-refractivity contribution >= 4 is 5.78 Å². The summed E-state index contributed by atoms with van der Waals surface area (Å²) >= 11 is 0.